The summed E-state index contributed by atoms with van der Waals surface area (Å²) in [5.41, 5.74) is 6.39. The summed E-state index contributed by atoms with van der Waals surface area (Å²) in [6.45, 7) is 2.10. The quantitative estimate of drug-likeness (QED) is 0.809. The van der Waals surface area contributed by atoms with Gasteiger partial charge in [0.15, 0.2) is 0 Å². The molecule has 88 valence electrons. The second-order valence-electron chi connectivity index (χ2n) is 4.03. The van der Waals surface area contributed by atoms with Crippen molar-refractivity contribution in [3.8, 4) is 0 Å². The summed E-state index contributed by atoms with van der Waals surface area (Å²) in [7, 11) is 2.06. The van der Waals surface area contributed by atoms with Gasteiger partial charge in [0.05, 0.1) is 11.9 Å². The van der Waals surface area contributed by atoms with Gasteiger partial charge in [-0.2, -0.15) is 0 Å². The summed E-state index contributed by atoms with van der Waals surface area (Å²) in [6, 6.07) is 0.496. The van der Waals surface area contributed by atoms with Crippen LogP contribution in [0.15, 0.2) is 12.4 Å². The van der Waals surface area contributed by atoms with Crippen LogP contribution in [0, 0.1) is 0 Å². The first kappa shape index (κ1) is 11.3. The number of rotatable bonds is 3. The van der Waals surface area contributed by atoms with Crippen molar-refractivity contribution in [2.45, 2.75) is 25.4 Å². The molecule has 0 saturated carbocycles. The molecule has 0 bridgehead atoms. The van der Waals surface area contributed by atoms with E-state index in [2.05, 4.69) is 21.9 Å². The van der Waals surface area contributed by atoms with Crippen LogP contribution in [0.5, 0.6) is 0 Å². The number of ether oxygens (including phenoxy) is 1. The Labute approximate surface area is 95.6 Å². The van der Waals surface area contributed by atoms with Crippen LogP contribution in [0.4, 0.5) is 5.82 Å². The lowest BCUT2D eigenvalue weighted by Crippen LogP contribution is -2.37. The zero-order valence-corrected chi connectivity index (χ0v) is 9.59. The second-order valence-corrected chi connectivity index (χ2v) is 4.03. The number of aromatic nitrogens is 2. The predicted molar refractivity (Wildman–Crippen MR) is 62.2 cm³/mol. The van der Waals surface area contributed by atoms with Crippen molar-refractivity contribution < 1.29 is 4.74 Å². The van der Waals surface area contributed by atoms with E-state index in [1.54, 1.807) is 12.4 Å². The Hall–Kier alpha value is -1.20. The summed E-state index contributed by atoms with van der Waals surface area (Å²) < 4.78 is 5.35. The molecule has 0 aliphatic carbocycles. The molecule has 1 fully saturated rings. The van der Waals surface area contributed by atoms with E-state index < -0.39 is 0 Å². The first-order chi connectivity index (χ1) is 7.81. The van der Waals surface area contributed by atoms with Gasteiger partial charge in [0.25, 0.3) is 0 Å². The van der Waals surface area contributed by atoms with Gasteiger partial charge in [0.2, 0.25) is 0 Å². The minimum absolute atomic E-state index is 0.433. The number of nitrogens with zero attached hydrogens (tertiary/aromatic N) is 3. The van der Waals surface area contributed by atoms with Gasteiger partial charge in [0.1, 0.15) is 5.82 Å². The first-order valence-electron chi connectivity index (χ1n) is 5.63. The second kappa shape index (κ2) is 5.23. The largest absolute Gasteiger partial charge is 0.381 e. The van der Waals surface area contributed by atoms with Gasteiger partial charge in [-0.1, -0.05) is 0 Å². The highest BCUT2D eigenvalue weighted by Gasteiger charge is 2.19. The lowest BCUT2D eigenvalue weighted by atomic mass is 10.1. The molecule has 1 saturated heterocycles. The van der Waals surface area contributed by atoms with Crippen LogP contribution in [-0.2, 0) is 11.3 Å². The van der Waals surface area contributed by atoms with Gasteiger partial charge in [-0.15, -0.1) is 0 Å². The summed E-state index contributed by atoms with van der Waals surface area (Å²) in [4.78, 5) is 10.8. The molecule has 5 nitrogen and oxygen atoms in total. The van der Waals surface area contributed by atoms with Crippen LogP contribution in [-0.4, -0.2) is 36.3 Å². The number of hydrogen-bond donors (Lipinski definition) is 1. The minimum atomic E-state index is 0.433. The monoisotopic (exact) mass is 222 g/mol. The third kappa shape index (κ3) is 2.48. The third-order valence-electron chi connectivity index (χ3n) is 2.98. The maximum atomic E-state index is 5.56. The van der Waals surface area contributed by atoms with Crippen molar-refractivity contribution in [2.24, 2.45) is 5.73 Å². The number of hydrogen-bond acceptors (Lipinski definition) is 5. The number of anilines is 1. The third-order valence-corrected chi connectivity index (χ3v) is 2.98. The Bertz CT molecular complexity index is 339. The summed E-state index contributed by atoms with van der Waals surface area (Å²) in [5.74, 6) is 0.898. The lowest BCUT2D eigenvalue weighted by Gasteiger charge is -2.31. The summed E-state index contributed by atoms with van der Waals surface area (Å²) in [6.07, 6.45) is 5.59. The molecule has 2 heterocycles. The Kier molecular flexibility index (Phi) is 3.69. The summed E-state index contributed by atoms with van der Waals surface area (Å²) in [5, 5.41) is 0. The minimum Gasteiger partial charge on any atom is -0.381 e. The van der Waals surface area contributed by atoms with Crippen LogP contribution in [0.25, 0.3) is 0 Å². The van der Waals surface area contributed by atoms with E-state index in [9.17, 15) is 0 Å². The van der Waals surface area contributed by atoms with Crippen LogP contribution >= 0.6 is 0 Å². The Morgan fingerprint density at radius 2 is 2.19 bits per heavy atom. The standard InChI is InChI=1S/C11H18N4O/c1-15(10-2-4-16-5-3-10)11-8-13-7-9(6-12)14-11/h7-8,10H,2-6,12H2,1H3. The van der Waals surface area contributed by atoms with Crippen molar-refractivity contribution in [3.05, 3.63) is 18.1 Å². The SMILES string of the molecule is CN(c1cncc(CN)n1)C1CCOCC1. The molecule has 5 heteroatoms. The molecule has 1 aliphatic rings. The van der Waals surface area contributed by atoms with Gasteiger partial charge in [-0.3, -0.25) is 4.98 Å². The van der Waals surface area contributed by atoms with Crippen molar-refractivity contribution in [1.29, 1.82) is 0 Å². The van der Waals surface area contributed by atoms with E-state index in [0.717, 1.165) is 37.6 Å². The fraction of sp³-hybridized carbons (Fsp3) is 0.636. The Morgan fingerprint density at radius 3 is 2.88 bits per heavy atom. The van der Waals surface area contributed by atoms with Gasteiger partial charge < -0.3 is 15.4 Å². The fourth-order valence-corrected chi connectivity index (χ4v) is 1.92. The molecule has 16 heavy (non-hydrogen) atoms. The van der Waals surface area contributed by atoms with E-state index in [0.29, 0.717) is 12.6 Å². The van der Waals surface area contributed by atoms with Crippen molar-refractivity contribution in [1.82, 2.24) is 9.97 Å². The summed E-state index contributed by atoms with van der Waals surface area (Å²) >= 11 is 0. The zero-order valence-electron chi connectivity index (χ0n) is 9.59. The van der Waals surface area contributed by atoms with E-state index >= 15 is 0 Å². The molecule has 0 radical (unpaired) electrons. The molecule has 0 unspecified atom stereocenters. The molecule has 1 aliphatic heterocycles. The molecule has 0 amide bonds. The number of nitrogens with two attached hydrogens (primary N) is 1. The van der Waals surface area contributed by atoms with Gasteiger partial charge >= 0.3 is 0 Å². The molecule has 1 aromatic rings. The highest BCUT2D eigenvalue weighted by Crippen LogP contribution is 2.18. The van der Waals surface area contributed by atoms with Crippen molar-refractivity contribution >= 4 is 5.82 Å². The van der Waals surface area contributed by atoms with E-state index in [1.165, 1.54) is 0 Å². The maximum Gasteiger partial charge on any atom is 0.147 e. The van der Waals surface area contributed by atoms with Crippen molar-refractivity contribution in [2.75, 3.05) is 25.2 Å². The zero-order chi connectivity index (χ0) is 11.4. The van der Waals surface area contributed by atoms with E-state index in [4.69, 9.17) is 10.5 Å². The molecule has 0 aromatic carbocycles. The highest BCUT2D eigenvalue weighted by molar-refractivity contribution is 5.36. The predicted octanol–water partition coefficient (Wildman–Crippen LogP) is 0.550. The topological polar surface area (TPSA) is 64.3 Å². The van der Waals surface area contributed by atoms with Crippen LogP contribution in [0.1, 0.15) is 18.5 Å². The average molecular weight is 222 g/mol. The van der Waals surface area contributed by atoms with Gasteiger partial charge in [-0.25, -0.2) is 4.98 Å². The molecule has 0 spiro atoms. The van der Waals surface area contributed by atoms with Gasteiger partial charge in [0, 0.05) is 39.0 Å². The Morgan fingerprint density at radius 1 is 1.44 bits per heavy atom. The molecule has 2 rings (SSSR count). The molecular formula is C11H18N4O. The van der Waals surface area contributed by atoms with E-state index in [-0.39, 0.29) is 0 Å². The van der Waals surface area contributed by atoms with Crippen LogP contribution in [0.3, 0.4) is 0 Å². The molecule has 2 N–H and O–H groups in total. The molecular weight excluding hydrogens is 204 g/mol. The van der Waals surface area contributed by atoms with Crippen LogP contribution < -0.4 is 10.6 Å². The lowest BCUT2D eigenvalue weighted by molar-refractivity contribution is 0.0853. The van der Waals surface area contributed by atoms with E-state index in [1.807, 2.05) is 0 Å². The average Bonchev–Trinajstić information content (AvgIpc) is 2.39. The normalized spacial score (nSPS) is 17.4. The smallest absolute Gasteiger partial charge is 0.147 e. The maximum absolute atomic E-state index is 5.56. The first-order valence-corrected chi connectivity index (χ1v) is 5.63. The molecule has 1 aromatic heterocycles. The van der Waals surface area contributed by atoms with Gasteiger partial charge in [-0.05, 0) is 12.8 Å². The van der Waals surface area contributed by atoms with Crippen LogP contribution in [0.2, 0.25) is 0 Å². The Balaban J connectivity index is 2.09. The fourth-order valence-electron chi connectivity index (χ4n) is 1.92. The van der Waals surface area contributed by atoms with Crippen molar-refractivity contribution in [3.63, 3.8) is 0 Å². The highest BCUT2D eigenvalue weighted by atomic mass is 16.5. The molecule has 0 atom stereocenters.